The van der Waals surface area contributed by atoms with Gasteiger partial charge in [0.2, 0.25) is 11.8 Å². The maximum atomic E-state index is 14.0. The van der Waals surface area contributed by atoms with Gasteiger partial charge in [-0.1, -0.05) is 47.0 Å². The highest BCUT2D eigenvalue weighted by Gasteiger charge is 2.34. The standard InChI is InChI=1S/C30H35Cl2N3O5S/c1-20-10-16-24(17-11-20)41(38,39)35(22-12-14-23(40-6)15-13-22)19-28(36)34(21(2)29(37)33-30(3,4)5)18-25-26(31)8-7-9-27(25)32/h7-17,21H,18-19H2,1-6H3,(H,33,37). The van der Waals surface area contributed by atoms with Gasteiger partial charge >= 0.3 is 0 Å². The third-order valence-corrected chi connectivity index (χ3v) is 8.80. The van der Waals surface area contributed by atoms with Crippen LogP contribution >= 0.6 is 23.2 Å². The second-order valence-electron chi connectivity index (χ2n) is 10.7. The Morgan fingerprint density at radius 3 is 2.02 bits per heavy atom. The van der Waals surface area contributed by atoms with E-state index < -0.39 is 40.0 Å². The number of halogens is 2. The largest absolute Gasteiger partial charge is 0.497 e. The summed E-state index contributed by atoms with van der Waals surface area (Å²) >= 11 is 12.8. The van der Waals surface area contributed by atoms with Gasteiger partial charge < -0.3 is 15.0 Å². The summed E-state index contributed by atoms with van der Waals surface area (Å²) in [5.74, 6) is -0.509. The molecule has 1 atom stereocenters. The number of nitrogens with one attached hydrogen (secondary N) is 1. The summed E-state index contributed by atoms with van der Waals surface area (Å²) in [6, 6.07) is 16.7. The van der Waals surface area contributed by atoms with Gasteiger partial charge in [-0.05, 0) is 83.1 Å². The highest BCUT2D eigenvalue weighted by Crippen LogP contribution is 2.29. The molecule has 0 saturated carbocycles. The van der Waals surface area contributed by atoms with Crippen LogP contribution in [0.15, 0.2) is 71.6 Å². The number of benzene rings is 3. The van der Waals surface area contributed by atoms with Gasteiger partial charge in [-0.15, -0.1) is 0 Å². The number of hydrogen-bond donors (Lipinski definition) is 1. The highest BCUT2D eigenvalue weighted by molar-refractivity contribution is 7.92. The van der Waals surface area contributed by atoms with Gasteiger partial charge in [-0.3, -0.25) is 13.9 Å². The zero-order valence-corrected chi connectivity index (χ0v) is 26.3. The molecule has 220 valence electrons. The van der Waals surface area contributed by atoms with E-state index in [2.05, 4.69) is 5.32 Å². The van der Waals surface area contributed by atoms with E-state index >= 15 is 0 Å². The molecule has 0 radical (unpaired) electrons. The molecule has 0 aliphatic heterocycles. The molecular formula is C30H35Cl2N3O5S. The Hall–Kier alpha value is -3.27. The Balaban J connectivity index is 2.08. The number of carbonyl (C=O) groups is 2. The van der Waals surface area contributed by atoms with E-state index in [9.17, 15) is 18.0 Å². The molecule has 3 aromatic rings. The molecule has 41 heavy (non-hydrogen) atoms. The van der Waals surface area contributed by atoms with Crippen LogP contribution in [0.2, 0.25) is 10.0 Å². The number of nitrogens with zero attached hydrogens (tertiary/aromatic N) is 2. The van der Waals surface area contributed by atoms with E-state index in [1.165, 1.54) is 24.1 Å². The maximum absolute atomic E-state index is 14.0. The second-order valence-corrected chi connectivity index (χ2v) is 13.3. The van der Waals surface area contributed by atoms with Crippen molar-refractivity contribution in [3.05, 3.63) is 87.9 Å². The monoisotopic (exact) mass is 619 g/mol. The molecule has 0 aromatic heterocycles. The normalized spacial score (nSPS) is 12.4. The second kappa shape index (κ2) is 13.1. The lowest BCUT2D eigenvalue weighted by Crippen LogP contribution is -2.54. The number of aryl methyl sites for hydroxylation is 1. The van der Waals surface area contributed by atoms with Crippen LogP contribution in [0.3, 0.4) is 0 Å². The first kappa shape index (κ1) is 32.2. The average Bonchev–Trinajstić information content (AvgIpc) is 2.90. The Bertz CT molecular complexity index is 1470. The van der Waals surface area contributed by atoms with Crippen molar-refractivity contribution < 1.29 is 22.7 Å². The van der Waals surface area contributed by atoms with Gasteiger partial charge in [0, 0.05) is 27.7 Å². The molecule has 0 aliphatic carbocycles. The Kier molecular flexibility index (Phi) is 10.3. The SMILES string of the molecule is COc1ccc(N(CC(=O)N(Cc2c(Cl)cccc2Cl)C(C)C(=O)NC(C)(C)C)S(=O)(=O)c2ccc(C)cc2)cc1. The predicted molar refractivity (Wildman–Crippen MR) is 163 cm³/mol. The molecule has 0 bridgehead atoms. The van der Waals surface area contributed by atoms with E-state index in [4.69, 9.17) is 27.9 Å². The van der Waals surface area contributed by atoms with Gasteiger partial charge in [0.1, 0.15) is 18.3 Å². The van der Waals surface area contributed by atoms with Crippen molar-refractivity contribution in [2.75, 3.05) is 18.0 Å². The molecule has 1 N–H and O–H groups in total. The first-order chi connectivity index (χ1) is 19.1. The van der Waals surface area contributed by atoms with Crippen molar-refractivity contribution in [2.45, 2.75) is 57.6 Å². The fourth-order valence-electron chi connectivity index (χ4n) is 4.03. The van der Waals surface area contributed by atoms with Crippen molar-refractivity contribution in [3.63, 3.8) is 0 Å². The third-order valence-electron chi connectivity index (χ3n) is 6.30. The quantitative estimate of drug-likeness (QED) is 0.308. The van der Waals surface area contributed by atoms with Crippen LogP contribution < -0.4 is 14.4 Å². The Morgan fingerprint density at radius 2 is 1.51 bits per heavy atom. The average molecular weight is 621 g/mol. The molecule has 0 spiro atoms. The van der Waals surface area contributed by atoms with Gasteiger partial charge in [0.05, 0.1) is 17.7 Å². The van der Waals surface area contributed by atoms with E-state index in [1.807, 2.05) is 27.7 Å². The lowest BCUT2D eigenvalue weighted by Gasteiger charge is -2.33. The highest BCUT2D eigenvalue weighted by atomic mass is 35.5. The molecular weight excluding hydrogens is 585 g/mol. The molecule has 3 rings (SSSR count). The van der Waals surface area contributed by atoms with Crippen molar-refractivity contribution >= 4 is 50.7 Å². The lowest BCUT2D eigenvalue weighted by molar-refractivity contribution is -0.140. The third kappa shape index (κ3) is 8.15. The lowest BCUT2D eigenvalue weighted by atomic mass is 10.1. The van der Waals surface area contributed by atoms with Crippen LogP contribution in [0.1, 0.15) is 38.8 Å². The van der Waals surface area contributed by atoms with E-state index in [0.717, 1.165) is 9.87 Å². The van der Waals surface area contributed by atoms with Crippen LogP contribution in [0.5, 0.6) is 5.75 Å². The molecule has 11 heteroatoms. The molecule has 0 aliphatic rings. The van der Waals surface area contributed by atoms with Crippen LogP contribution in [0.4, 0.5) is 5.69 Å². The summed E-state index contributed by atoms with van der Waals surface area (Å²) in [4.78, 5) is 28.6. The minimum absolute atomic E-state index is 0.0194. The van der Waals surface area contributed by atoms with Crippen molar-refractivity contribution in [2.24, 2.45) is 0 Å². The predicted octanol–water partition coefficient (Wildman–Crippen LogP) is 5.84. The fraction of sp³-hybridized carbons (Fsp3) is 0.333. The summed E-state index contributed by atoms with van der Waals surface area (Å²) in [6.45, 7) is 8.21. The number of amides is 2. The van der Waals surface area contributed by atoms with Gasteiger partial charge in [0.15, 0.2) is 0 Å². The summed E-state index contributed by atoms with van der Waals surface area (Å²) in [6.07, 6.45) is 0. The minimum Gasteiger partial charge on any atom is -0.497 e. The number of rotatable bonds is 10. The first-order valence-electron chi connectivity index (χ1n) is 12.9. The first-order valence-corrected chi connectivity index (χ1v) is 15.1. The van der Waals surface area contributed by atoms with Crippen molar-refractivity contribution in [1.29, 1.82) is 0 Å². The van der Waals surface area contributed by atoms with Crippen molar-refractivity contribution in [3.8, 4) is 5.75 Å². The number of hydrogen-bond acceptors (Lipinski definition) is 5. The zero-order chi connectivity index (χ0) is 30.5. The Labute approximate surface area is 252 Å². The molecule has 0 saturated heterocycles. The minimum atomic E-state index is -4.19. The van der Waals surface area contributed by atoms with Gasteiger partial charge in [-0.25, -0.2) is 8.42 Å². The fourth-order valence-corrected chi connectivity index (χ4v) is 5.96. The number of carbonyl (C=O) groups excluding carboxylic acids is 2. The molecule has 1 unspecified atom stereocenters. The molecule has 3 aromatic carbocycles. The number of ether oxygens (including phenoxy) is 1. The smallest absolute Gasteiger partial charge is 0.264 e. The molecule has 0 fully saturated rings. The summed E-state index contributed by atoms with van der Waals surface area (Å²) in [5, 5.41) is 3.52. The van der Waals surface area contributed by atoms with Crippen molar-refractivity contribution in [1.82, 2.24) is 10.2 Å². The number of anilines is 1. The van der Waals surface area contributed by atoms with Crippen LogP contribution in [-0.2, 0) is 26.2 Å². The van der Waals surface area contributed by atoms with Crippen LogP contribution in [-0.4, -0.2) is 50.4 Å². The van der Waals surface area contributed by atoms with Gasteiger partial charge in [0.25, 0.3) is 10.0 Å². The Morgan fingerprint density at radius 1 is 0.951 bits per heavy atom. The number of sulfonamides is 1. The zero-order valence-electron chi connectivity index (χ0n) is 23.9. The van der Waals surface area contributed by atoms with Crippen LogP contribution in [0.25, 0.3) is 0 Å². The summed E-state index contributed by atoms with van der Waals surface area (Å²) in [5.41, 5.74) is 1.02. The topological polar surface area (TPSA) is 96.0 Å². The molecule has 8 nitrogen and oxygen atoms in total. The van der Waals surface area contributed by atoms with E-state index in [0.29, 0.717) is 21.4 Å². The van der Waals surface area contributed by atoms with Gasteiger partial charge in [-0.2, -0.15) is 0 Å². The van der Waals surface area contributed by atoms with E-state index in [-0.39, 0.29) is 17.1 Å². The molecule has 2 amide bonds. The summed E-state index contributed by atoms with van der Waals surface area (Å²) in [7, 11) is -2.69. The maximum Gasteiger partial charge on any atom is 0.264 e. The van der Waals surface area contributed by atoms with E-state index in [1.54, 1.807) is 61.5 Å². The summed E-state index contributed by atoms with van der Waals surface area (Å²) < 4.78 is 34.1. The molecule has 0 heterocycles. The van der Waals surface area contributed by atoms with Crippen LogP contribution in [0, 0.1) is 6.92 Å². The number of methoxy groups -OCH3 is 1.